The Morgan fingerprint density at radius 2 is 1.52 bits per heavy atom. The molecular formula is C18H18F3N3O4S. The van der Waals surface area contributed by atoms with Gasteiger partial charge in [-0.1, -0.05) is 36.4 Å². The summed E-state index contributed by atoms with van der Waals surface area (Å²) >= 11 is 0. The Labute approximate surface area is 165 Å². The minimum Gasteiger partial charge on any atom is -0.350 e. The summed E-state index contributed by atoms with van der Waals surface area (Å²) < 4.78 is 64.1. The number of nitrogens with one attached hydrogen (secondary N) is 3. The summed E-state index contributed by atoms with van der Waals surface area (Å²) in [5.41, 5.74) is -0.263. The Hall–Kier alpha value is -2.92. The van der Waals surface area contributed by atoms with Crippen LogP contribution >= 0.6 is 0 Å². The predicted molar refractivity (Wildman–Crippen MR) is 97.9 cm³/mol. The minimum atomic E-state index is -4.70. The Kier molecular flexibility index (Phi) is 7.35. The van der Waals surface area contributed by atoms with Gasteiger partial charge in [0.25, 0.3) is 0 Å². The van der Waals surface area contributed by atoms with Crippen LogP contribution in [-0.2, 0) is 32.3 Å². The number of amides is 2. The van der Waals surface area contributed by atoms with E-state index in [4.69, 9.17) is 0 Å². The van der Waals surface area contributed by atoms with E-state index in [0.29, 0.717) is 6.07 Å². The predicted octanol–water partition coefficient (Wildman–Crippen LogP) is 1.42. The highest BCUT2D eigenvalue weighted by Crippen LogP contribution is 2.30. The van der Waals surface area contributed by atoms with Gasteiger partial charge in [0.15, 0.2) is 0 Å². The molecule has 0 aliphatic rings. The van der Waals surface area contributed by atoms with Crippen molar-refractivity contribution in [1.82, 2.24) is 15.4 Å². The first kappa shape index (κ1) is 22.4. The van der Waals surface area contributed by atoms with Gasteiger partial charge < -0.3 is 10.6 Å². The van der Waals surface area contributed by atoms with Gasteiger partial charge in [-0.2, -0.15) is 13.2 Å². The molecule has 0 heterocycles. The molecule has 0 unspecified atom stereocenters. The van der Waals surface area contributed by atoms with Crippen molar-refractivity contribution in [2.45, 2.75) is 17.6 Å². The fraction of sp³-hybridized carbons (Fsp3) is 0.222. The van der Waals surface area contributed by atoms with Gasteiger partial charge in [0.2, 0.25) is 21.8 Å². The molecule has 0 saturated carbocycles. The third kappa shape index (κ3) is 7.20. The van der Waals surface area contributed by atoms with Gasteiger partial charge in [-0.25, -0.2) is 13.1 Å². The van der Waals surface area contributed by atoms with Crippen molar-refractivity contribution in [3.05, 3.63) is 65.7 Å². The molecule has 0 spiro atoms. The molecule has 2 amide bonds. The molecule has 0 saturated heterocycles. The van der Waals surface area contributed by atoms with Gasteiger partial charge in [0, 0.05) is 6.54 Å². The van der Waals surface area contributed by atoms with Crippen LogP contribution in [0.4, 0.5) is 13.2 Å². The lowest BCUT2D eigenvalue weighted by molar-refractivity contribution is -0.137. The third-order valence-corrected chi connectivity index (χ3v) is 5.07. The molecule has 0 atom stereocenters. The van der Waals surface area contributed by atoms with Crippen LogP contribution in [0.2, 0.25) is 0 Å². The van der Waals surface area contributed by atoms with Crippen LogP contribution in [0.1, 0.15) is 11.1 Å². The SMILES string of the molecule is O=C(CNC(=O)CNS(=O)(=O)c1cccc(C(F)(F)F)c1)NCc1ccccc1. The van der Waals surface area contributed by atoms with Crippen molar-refractivity contribution in [2.24, 2.45) is 0 Å². The van der Waals surface area contributed by atoms with E-state index in [-0.39, 0.29) is 13.1 Å². The third-order valence-electron chi connectivity index (χ3n) is 3.67. The van der Waals surface area contributed by atoms with E-state index >= 15 is 0 Å². The molecule has 0 aromatic heterocycles. The maximum absolute atomic E-state index is 12.7. The highest BCUT2D eigenvalue weighted by atomic mass is 32.2. The zero-order chi connectivity index (χ0) is 21.5. The number of carbonyl (C=O) groups excluding carboxylic acids is 2. The van der Waals surface area contributed by atoms with Crippen molar-refractivity contribution < 1.29 is 31.2 Å². The van der Waals surface area contributed by atoms with Gasteiger partial charge in [-0.15, -0.1) is 0 Å². The molecule has 2 aromatic carbocycles. The second kappa shape index (κ2) is 9.52. The topological polar surface area (TPSA) is 104 Å². The normalized spacial score (nSPS) is 11.7. The lowest BCUT2D eigenvalue weighted by Crippen LogP contribution is -2.41. The molecule has 3 N–H and O–H groups in total. The average molecular weight is 429 g/mol. The first-order chi connectivity index (χ1) is 13.6. The van der Waals surface area contributed by atoms with Gasteiger partial charge in [-0.3, -0.25) is 9.59 Å². The number of alkyl halides is 3. The molecule has 0 aliphatic heterocycles. The largest absolute Gasteiger partial charge is 0.416 e. The van der Waals surface area contributed by atoms with Crippen LogP contribution < -0.4 is 15.4 Å². The van der Waals surface area contributed by atoms with Crippen LogP contribution in [0, 0.1) is 0 Å². The van der Waals surface area contributed by atoms with Crippen LogP contribution in [-0.4, -0.2) is 33.3 Å². The number of halogens is 3. The fourth-order valence-electron chi connectivity index (χ4n) is 2.18. The molecule has 0 radical (unpaired) electrons. The second-order valence-corrected chi connectivity index (χ2v) is 7.66. The van der Waals surface area contributed by atoms with E-state index < -0.39 is 45.0 Å². The molecule has 156 valence electrons. The van der Waals surface area contributed by atoms with E-state index in [0.717, 1.165) is 23.8 Å². The van der Waals surface area contributed by atoms with Crippen molar-refractivity contribution >= 4 is 21.8 Å². The summed E-state index contributed by atoms with van der Waals surface area (Å²) in [6.07, 6.45) is -4.70. The molecular weight excluding hydrogens is 411 g/mol. The van der Waals surface area contributed by atoms with Crippen LogP contribution in [0.3, 0.4) is 0 Å². The monoisotopic (exact) mass is 429 g/mol. The van der Waals surface area contributed by atoms with Gasteiger partial charge in [-0.05, 0) is 23.8 Å². The Morgan fingerprint density at radius 1 is 0.862 bits per heavy atom. The molecule has 11 heteroatoms. The highest BCUT2D eigenvalue weighted by molar-refractivity contribution is 7.89. The summed E-state index contributed by atoms with van der Waals surface area (Å²) in [5.74, 6) is -1.29. The van der Waals surface area contributed by atoms with Crippen molar-refractivity contribution in [1.29, 1.82) is 0 Å². The molecule has 2 aromatic rings. The summed E-state index contributed by atoms with van der Waals surface area (Å²) in [6, 6.07) is 12.2. The first-order valence-corrected chi connectivity index (χ1v) is 9.80. The summed E-state index contributed by atoms with van der Waals surface area (Å²) in [6.45, 7) is -0.848. The summed E-state index contributed by atoms with van der Waals surface area (Å²) in [7, 11) is -4.33. The maximum Gasteiger partial charge on any atom is 0.416 e. The number of hydrogen-bond acceptors (Lipinski definition) is 4. The number of carbonyl (C=O) groups is 2. The van der Waals surface area contributed by atoms with Gasteiger partial charge in [0.1, 0.15) is 0 Å². The smallest absolute Gasteiger partial charge is 0.350 e. The fourth-order valence-corrected chi connectivity index (χ4v) is 3.21. The first-order valence-electron chi connectivity index (χ1n) is 8.32. The van der Waals surface area contributed by atoms with E-state index in [9.17, 15) is 31.2 Å². The highest BCUT2D eigenvalue weighted by Gasteiger charge is 2.31. The Bertz CT molecular complexity index is 964. The van der Waals surface area contributed by atoms with Gasteiger partial charge >= 0.3 is 6.18 Å². The van der Waals surface area contributed by atoms with E-state index in [1.54, 1.807) is 24.3 Å². The van der Waals surface area contributed by atoms with Crippen molar-refractivity contribution in [3.8, 4) is 0 Å². The molecule has 0 fully saturated rings. The number of rotatable bonds is 8. The van der Waals surface area contributed by atoms with Crippen molar-refractivity contribution in [2.75, 3.05) is 13.1 Å². The van der Waals surface area contributed by atoms with Gasteiger partial charge in [0.05, 0.1) is 23.5 Å². The number of hydrogen-bond donors (Lipinski definition) is 3. The number of benzene rings is 2. The Morgan fingerprint density at radius 3 is 2.17 bits per heavy atom. The van der Waals surface area contributed by atoms with Crippen molar-refractivity contribution in [3.63, 3.8) is 0 Å². The van der Waals surface area contributed by atoms with E-state index in [2.05, 4.69) is 10.6 Å². The van der Waals surface area contributed by atoms with E-state index in [1.165, 1.54) is 0 Å². The molecule has 29 heavy (non-hydrogen) atoms. The van der Waals surface area contributed by atoms with Crippen LogP contribution in [0.15, 0.2) is 59.5 Å². The number of sulfonamides is 1. The van der Waals surface area contributed by atoms with E-state index in [1.807, 2.05) is 10.8 Å². The quantitative estimate of drug-likeness (QED) is 0.590. The Balaban J connectivity index is 1.81. The second-order valence-electron chi connectivity index (χ2n) is 5.89. The zero-order valence-electron chi connectivity index (χ0n) is 15.0. The standard InChI is InChI=1S/C18H18F3N3O4S/c19-18(20,21)14-7-4-8-15(9-14)29(27,28)24-12-17(26)23-11-16(25)22-10-13-5-2-1-3-6-13/h1-9,24H,10-12H2,(H,22,25)(H,23,26). The molecule has 0 aliphatic carbocycles. The molecule has 2 rings (SSSR count). The molecule has 0 bridgehead atoms. The summed E-state index contributed by atoms with van der Waals surface area (Å²) in [5, 5.41) is 4.79. The summed E-state index contributed by atoms with van der Waals surface area (Å²) in [4.78, 5) is 22.8. The zero-order valence-corrected chi connectivity index (χ0v) is 15.8. The lowest BCUT2D eigenvalue weighted by Gasteiger charge is -2.11. The maximum atomic E-state index is 12.7. The van der Waals surface area contributed by atoms with Crippen LogP contribution in [0.25, 0.3) is 0 Å². The lowest BCUT2D eigenvalue weighted by atomic mass is 10.2. The van der Waals surface area contributed by atoms with Crippen LogP contribution in [0.5, 0.6) is 0 Å². The minimum absolute atomic E-state index is 0.262. The molecule has 7 nitrogen and oxygen atoms in total. The average Bonchev–Trinajstić information content (AvgIpc) is 2.69.